The van der Waals surface area contributed by atoms with Crippen LogP contribution in [0.1, 0.15) is 30.8 Å². The predicted molar refractivity (Wildman–Crippen MR) is 94.8 cm³/mol. The van der Waals surface area contributed by atoms with E-state index >= 15 is 0 Å². The largest absolute Gasteiger partial charge is 0.333 e. The highest BCUT2D eigenvalue weighted by Gasteiger charge is 2.20. The number of hydrogen-bond acceptors (Lipinski definition) is 5. The van der Waals surface area contributed by atoms with E-state index in [1.54, 1.807) is 4.90 Å². The zero-order chi connectivity index (χ0) is 17.6. The monoisotopic (exact) mass is 340 g/mol. The smallest absolute Gasteiger partial charge is 0.245 e. The summed E-state index contributed by atoms with van der Waals surface area (Å²) < 4.78 is 0. The summed E-state index contributed by atoms with van der Waals surface area (Å²) in [5.74, 6) is -0.311. The van der Waals surface area contributed by atoms with Crippen LogP contribution >= 0.6 is 11.3 Å². The molecule has 0 aliphatic rings. The summed E-state index contributed by atoms with van der Waals surface area (Å²) in [5.41, 5.74) is 0.923. The summed E-state index contributed by atoms with van der Waals surface area (Å²) >= 11 is 1.45. The summed E-state index contributed by atoms with van der Waals surface area (Å²) in [7, 11) is 3.99. The highest BCUT2D eigenvalue weighted by molar-refractivity contribution is 7.15. The van der Waals surface area contributed by atoms with Gasteiger partial charge in [0.25, 0.3) is 0 Å². The van der Waals surface area contributed by atoms with Gasteiger partial charge in [-0.15, -0.1) is 11.3 Å². The maximum atomic E-state index is 12.3. The average molecular weight is 340 g/mol. The molecule has 0 bridgehead atoms. The molecule has 0 aliphatic carbocycles. The molecule has 0 aromatic carbocycles. The highest BCUT2D eigenvalue weighted by atomic mass is 32.1. The summed E-state index contributed by atoms with van der Waals surface area (Å²) in [6.45, 7) is 9.13. The topological polar surface area (TPSA) is 65.5 Å². The van der Waals surface area contributed by atoms with Gasteiger partial charge in [-0.05, 0) is 40.9 Å². The number of rotatable bonds is 8. The molecule has 0 saturated carbocycles. The fourth-order valence-electron chi connectivity index (χ4n) is 2.07. The standard InChI is InChI=1S/C16H28N4O2S/c1-11(2)15(22)20(9-7-8-19(5)6)10-14(21)18-16-17-12(3)13(4)23-16/h11H,7-10H2,1-6H3,(H,17,18,21). The number of hydrogen-bond donors (Lipinski definition) is 1. The van der Waals surface area contributed by atoms with Gasteiger partial charge in [-0.2, -0.15) is 0 Å². The molecule has 0 saturated heterocycles. The van der Waals surface area contributed by atoms with Crippen molar-refractivity contribution < 1.29 is 9.59 Å². The lowest BCUT2D eigenvalue weighted by Gasteiger charge is -2.24. The summed E-state index contributed by atoms with van der Waals surface area (Å²) in [6.07, 6.45) is 0.841. The van der Waals surface area contributed by atoms with Crippen molar-refractivity contribution >= 4 is 28.3 Å². The molecular formula is C16H28N4O2S. The number of nitrogens with one attached hydrogen (secondary N) is 1. The molecule has 1 aromatic heterocycles. The van der Waals surface area contributed by atoms with E-state index in [0.717, 1.165) is 23.5 Å². The number of carbonyl (C=O) groups excluding carboxylic acids is 2. The van der Waals surface area contributed by atoms with E-state index in [9.17, 15) is 9.59 Å². The van der Waals surface area contributed by atoms with Crippen LogP contribution in [0.5, 0.6) is 0 Å². The van der Waals surface area contributed by atoms with Crippen LogP contribution in [0.25, 0.3) is 0 Å². The lowest BCUT2D eigenvalue weighted by molar-refractivity contribution is -0.137. The Morgan fingerprint density at radius 1 is 1.22 bits per heavy atom. The van der Waals surface area contributed by atoms with Crippen LogP contribution in [-0.4, -0.2) is 60.3 Å². The van der Waals surface area contributed by atoms with Gasteiger partial charge < -0.3 is 15.1 Å². The van der Waals surface area contributed by atoms with Gasteiger partial charge in [-0.1, -0.05) is 13.8 Å². The van der Waals surface area contributed by atoms with Gasteiger partial charge in [0.05, 0.1) is 12.2 Å². The first-order valence-electron chi connectivity index (χ1n) is 7.88. The third kappa shape index (κ3) is 6.66. The van der Waals surface area contributed by atoms with Crippen LogP contribution in [0.4, 0.5) is 5.13 Å². The fourth-order valence-corrected chi connectivity index (χ4v) is 2.90. The van der Waals surface area contributed by atoms with Gasteiger partial charge in [0.1, 0.15) is 0 Å². The molecule has 1 aromatic rings. The SMILES string of the molecule is Cc1nc(NC(=O)CN(CCCN(C)C)C(=O)C(C)C)sc1C. The second kappa shape index (κ2) is 8.98. The third-order valence-electron chi connectivity index (χ3n) is 3.45. The second-order valence-electron chi connectivity index (χ2n) is 6.28. The molecule has 6 nitrogen and oxygen atoms in total. The van der Waals surface area contributed by atoms with Gasteiger partial charge in [-0.25, -0.2) is 4.98 Å². The molecule has 1 rings (SSSR count). The molecule has 1 heterocycles. The lowest BCUT2D eigenvalue weighted by atomic mass is 10.2. The highest BCUT2D eigenvalue weighted by Crippen LogP contribution is 2.21. The Bertz CT molecular complexity index is 521. The molecule has 0 radical (unpaired) electrons. The van der Waals surface area contributed by atoms with Gasteiger partial charge in [0.15, 0.2) is 5.13 Å². The number of carbonyl (C=O) groups is 2. The van der Waals surface area contributed by atoms with Crippen molar-refractivity contribution in [2.75, 3.05) is 39.0 Å². The minimum absolute atomic E-state index is 0.00501. The summed E-state index contributed by atoms with van der Waals surface area (Å²) in [6, 6.07) is 0. The summed E-state index contributed by atoms with van der Waals surface area (Å²) in [4.78, 5) is 33.6. The van der Waals surface area contributed by atoms with Crippen molar-refractivity contribution in [2.24, 2.45) is 5.92 Å². The molecule has 23 heavy (non-hydrogen) atoms. The minimum Gasteiger partial charge on any atom is -0.333 e. The Kier molecular flexibility index (Phi) is 7.64. The number of aryl methyl sites for hydroxylation is 2. The van der Waals surface area contributed by atoms with Crippen molar-refractivity contribution in [1.29, 1.82) is 0 Å². The van der Waals surface area contributed by atoms with Crippen LogP contribution in [0, 0.1) is 19.8 Å². The van der Waals surface area contributed by atoms with Crippen molar-refractivity contribution in [2.45, 2.75) is 34.1 Å². The number of amides is 2. The molecule has 0 aliphatic heterocycles. The van der Waals surface area contributed by atoms with E-state index in [-0.39, 0.29) is 24.3 Å². The first-order chi connectivity index (χ1) is 10.7. The van der Waals surface area contributed by atoms with Crippen LogP contribution in [0.2, 0.25) is 0 Å². The molecule has 0 fully saturated rings. The number of thiazole rings is 1. The van der Waals surface area contributed by atoms with Crippen LogP contribution in [-0.2, 0) is 9.59 Å². The summed E-state index contributed by atoms with van der Waals surface area (Å²) in [5, 5.41) is 3.38. The van der Waals surface area contributed by atoms with Gasteiger partial charge in [-0.3, -0.25) is 9.59 Å². The van der Waals surface area contributed by atoms with Gasteiger partial charge in [0, 0.05) is 17.3 Å². The Morgan fingerprint density at radius 2 is 1.87 bits per heavy atom. The first-order valence-corrected chi connectivity index (χ1v) is 8.69. The van der Waals surface area contributed by atoms with E-state index < -0.39 is 0 Å². The van der Waals surface area contributed by atoms with E-state index in [1.165, 1.54) is 11.3 Å². The Labute approximate surface area is 142 Å². The van der Waals surface area contributed by atoms with Gasteiger partial charge in [0.2, 0.25) is 11.8 Å². The average Bonchev–Trinajstić information content (AvgIpc) is 2.74. The maximum Gasteiger partial charge on any atom is 0.245 e. The number of aromatic nitrogens is 1. The quantitative estimate of drug-likeness (QED) is 0.787. The van der Waals surface area contributed by atoms with Crippen molar-refractivity contribution in [3.8, 4) is 0 Å². The lowest BCUT2D eigenvalue weighted by Crippen LogP contribution is -2.41. The zero-order valence-corrected chi connectivity index (χ0v) is 15.8. The fraction of sp³-hybridized carbons (Fsp3) is 0.688. The molecule has 2 amide bonds. The molecule has 0 spiro atoms. The van der Waals surface area contributed by atoms with Crippen LogP contribution in [0.15, 0.2) is 0 Å². The molecule has 7 heteroatoms. The van der Waals surface area contributed by atoms with Crippen LogP contribution in [0.3, 0.4) is 0 Å². The molecule has 1 N–H and O–H groups in total. The Morgan fingerprint density at radius 3 is 2.35 bits per heavy atom. The van der Waals surface area contributed by atoms with E-state index in [1.807, 2.05) is 41.8 Å². The van der Waals surface area contributed by atoms with E-state index in [4.69, 9.17) is 0 Å². The third-order valence-corrected chi connectivity index (χ3v) is 4.44. The Balaban J connectivity index is 2.63. The Hall–Kier alpha value is -1.47. The van der Waals surface area contributed by atoms with E-state index in [0.29, 0.717) is 11.7 Å². The predicted octanol–water partition coefficient (Wildman–Crippen LogP) is 2.13. The van der Waals surface area contributed by atoms with Crippen molar-refractivity contribution in [3.63, 3.8) is 0 Å². The molecule has 0 unspecified atom stereocenters. The van der Waals surface area contributed by atoms with Crippen molar-refractivity contribution in [3.05, 3.63) is 10.6 Å². The van der Waals surface area contributed by atoms with Crippen LogP contribution < -0.4 is 5.32 Å². The maximum absolute atomic E-state index is 12.3. The van der Waals surface area contributed by atoms with Gasteiger partial charge >= 0.3 is 0 Å². The first kappa shape index (κ1) is 19.6. The number of anilines is 1. The number of nitrogens with zero attached hydrogens (tertiary/aromatic N) is 3. The van der Waals surface area contributed by atoms with E-state index in [2.05, 4.69) is 15.2 Å². The zero-order valence-electron chi connectivity index (χ0n) is 15.0. The molecule has 130 valence electrons. The second-order valence-corrected chi connectivity index (χ2v) is 7.48. The molecule has 0 atom stereocenters. The minimum atomic E-state index is -0.197. The van der Waals surface area contributed by atoms with Crippen molar-refractivity contribution in [1.82, 2.24) is 14.8 Å². The normalized spacial score (nSPS) is 11.1. The molecular weight excluding hydrogens is 312 g/mol.